The summed E-state index contributed by atoms with van der Waals surface area (Å²) in [5.41, 5.74) is 0. The number of allylic oxidation sites excluding steroid dienone is 2. The summed E-state index contributed by atoms with van der Waals surface area (Å²) < 4.78 is 13.3. The van der Waals surface area contributed by atoms with Gasteiger partial charge in [0.15, 0.2) is 0 Å². The van der Waals surface area contributed by atoms with Crippen LogP contribution in [0.5, 0.6) is 0 Å². The third-order valence-corrected chi connectivity index (χ3v) is 8.57. The van der Waals surface area contributed by atoms with Gasteiger partial charge in [-0.25, -0.2) is 0 Å². The Morgan fingerprint density at radius 1 is 0.737 bits per heavy atom. The zero-order valence-corrected chi connectivity index (χ0v) is 11.4. The molecule has 6 aliphatic rings. The van der Waals surface area contributed by atoms with E-state index >= 15 is 0 Å². The van der Waals surface area contributed by atoms with Gasteiger partial charge in [0.2, 0.25) is 0 Å². The van der Waals surface area contributed by atoms with Crippen LogP contribution >= 0.6 is 0 Å². The Balaban J connectivity index is 1.42. The molecule has 0 aromatic rings. The lowest BCUT2D eigenvalue weighted by molar-refractivity contribution is 0.0241. The van der Waals surface area contributed by atoms with Crippen molar-refractivity contribution < 1.29 is 4.39 Å². The Kier molecular flexibility index (Phi) is 1.71. The van der Waals surface area contributed by atoms with E-state index in [1.165, 1.54) is 25.7 Å². The average Bonchev–Trinajstić information content (AvgIpc) is 3.20. The Labute approximate surface area is 114 Å². The van der Waals surface area contributed by atoms with Crippen LogP contribution in [0.2, 0.25) is 0 Å². The van der Waals surface area contributed by atoms with Crippen LogP contribution in [-0.4, -0.2) is 6.67 Å². The predicted molar refractivity (Wildman–Crippen MR) is 72.0 cm³/mol. The molecule has 4 unspecified atom stereocenters. The Hall–Kier alpha value is -0.330. The second-order valence-electron chi connectivity index (χ2n) is 8.63. The van der Waals surface area contributed by atoms with Gasteiger partial charge in [0.05, 0.1) is 6.67 Å². The highest BCUT2D eigenvalue weighted by molar-refractivity contribution is 5.24. The minimum Gasteiger partial charge on any atom is -0.251 e. The largest absolute Gasteiger partial charge is 0.251 e. The molecule has 0 amide bonds. The van der Waals surface area contributed by atoms with Crippen molar-refractivity contribution in [3.05, 3.63) is 12.2 Å². The van der Waals surface area contributed by atoms with Crippen molar-refractivity contribution in [2.24, 2.45) is 65.1 Å². The van der Waals surface area contributed by atoms with Crippen molar-refractivity contribution in [1.29, 1.82) is 0 Å². The molecule has 1 heteroatoms. The number of rotatable bonds is 1. The van der Waals surface area contributed by atoms with E-state index in [0.29, 0.717) is 5.92 Å². The summed E-state index contributed by atoms with van der Waals surface area (Å²) >= 11 is 0. The van der Waals surface area contributed by atoms with Crippen LogP contribution in [-0.2, 0) is 0 Å². The van der Waals surface area contributed by atoms with Gasteiger partial charge in [-0.3, -0.25) is 4.39 Å². The summed E-state index contributed by atoms with van der Waals surface area (Å²) in [5, 5.41) is 0. The fourth-order valence-corrected chi connectivity index (χ4v) is 8.56. The standard InChI is InChI=1S/C18H23F/c19-7-11-4-10-5-12(11)18-14-6-13(17(10)18)15-8-1-2-9(3-8)16(14)15/h1-2,8-18H,3-7H2/t8-,9+,10-,11+,12-,13-,14+,15?,16?,17?,18?/m1/s1. The van der Waals surface area contributed by atoms with Gasteiger partial charge in [0.1, 0.15) is 0 Å². The molecule has 0 aliphatic heterocycles. The van der Waals surface area contributed by atoms with Gasteiger partial charge in [-0.1, -0.05) is 12.2 Å². The van der Waals surface area contributed by atoms with Gasteiger partial charge in [0, 0.05) is 0 Å². The first-order chi connectivity index (χ1) is 9.36. The van der Waals surface area contributed by atoms with E-state index < -0.39 is 0 Å². The molecular weight excluding hydrogens is 235 g/mol. The number of fused-ring (bicyclic) bond motifs is 16. The predicted octanol–water partition coefficient (Wildman–Crippen LogP) is 3.93. The van der Waals surface area contributed by atoms with Crippen LogP contribution in [0.15, 0.2) is 12.2 Å². The second-order valence-corrected chi connectivity index (χ2v) is 8.63. The number of alkyl halides is 1. The van der Waals surface area contributed by atoms with Crippen molar-refractivity contribution in [2.45, 2.75) is 25.7 Å². The van der Waals surface area contributed by atoms with E-state index in [9.17, 15) is 4.39 Å². The molecule has 11 atom stereocenters. The van der Waals surface area contributed by atoms with Gasteiger partial charge < -0.3 is 0 Å². The molecule has 0 spiro atoms. The molecule has 0 N–H and O–H groups in total. The lowest BCUT2D eigenvalue weighted by Gasteiger charge is -2.45. The molecule has 6 rings (SSSR count). The molecule has 6 bridgehead atoms. The highest BCUT2D eigenvalue weighted by atomic mass is 19.1. The lowest BCUT2D eigenvalue weighted by Crippen LogP contribution is -2.42. The second kappa shape index (κ2) is 3.12. The van der Waals surface area contributed by atoms with Crippen molar-refractivity contribution in [3.63, 3.8) is 0 Å². The molecular formula is C18H23F. The molecule has 6 aliphatic carbocycles. The molecule has 0 radical (unpaired) electrons. The lowest BCUT2D eigenvalue weighted by atomic mass is 9.59. The van der Waals surface area contributed by atoms with E-state index in [2.05, 4.69) is 12.2 Å². The quantitative estimate of drug-likeness (QED) is 0.494. The molecule has 0 aromatic heterocycles. The maximum Gasteiger partial charge on any atom is 0.0925 e. The first kappa shape index (κ1) is 10.4. The van der Waals surface area contributed by atoms with E-state index in [1.807, 2.05) is 0 Å². The van der Waals surface area contributed by atoms with E-state index in [0.717, 1.165) is 59.2 Å². The third-order valence-electron chi connectivity index (χ3n) is 8.57. The summed E-state index contributed by atoms with van der Waals surface area (Å²) in [7, 11) is 0. The first-order valence-corrected chi connectivity index (χ1v) is 8.61. The number of halogens is 1. The molecule has 5 fully saturated rings. The number of hydrogen-bond acceptors (Lipinski definition) is 0. The minimum absolute atomic E-state index is 0.0260. The normalized spacial score (nSPS) is 70.1. The summed E-state index contributed by atoms with van der Waals surface area (Å²) in [5.74, 6) is 10.2. The zero-order chi connectivity index (χ0) is 12.3. The molecule has 0 aromatic carbocycles. The van der Waals surface area contributed by atoms with Crippen LogP contribution in [0.1, 0.15) is 25.7 Å². The van der Waals surface area contributed by atoms with Gasteiger partial charge in [-0.15, -0.1) is 0 Å². The molecule has 0 saturated heterocycles. The van der Waals surface area contributed by atoms with Crippen molar-refractivity contribution in [3.8, 4) is 0 Å². The van der Waals surface area contributed by atoms with Crippen molar-refractivity contribution in [2.75, 3.05) is 6.67 Å². The van der Waals surface area contributed by atoms with Gasteiger partial charge >= 0.3 is 0 Å². The minimum atomic E-state index is -0.0260. The maximum absolute atomic E-state index is 13.3. The Bertz CT molecular complexity index is 468. The smallest absolute Gasteiger partial charge is 0.0925 e. The van der Waals surface area contributed by atoms with Crippen LogP contribution in [0.3, 0.4) is 0 Å². The monoisotopic (exact) mass is 258 g/mol. The average molecular weight is 258 g/mol. The maximum atomic E-state index is 13.3. The van der Waals surface area contributed by atoms with Gasteiger partial charge in [0.25, 0.3) is 0 Å². The zero-order valence-electron chi connectivity index (χ0n) is 11.4. The summed E-state index contributed by atoms with van der Waals surface area (Å²) in [4.78, 5) is 0. The summed E-state index contributed by atoms with van der Waals surface area (Å²) in [6.07, 6.45) is 10.8. The third kappa shape index (κ3) is 0.976. The number of hydrogen-bond donors (Lipinski definition) is 0. The highest BCUT2D eigenvalue weighted by Crippen LogP contribution is 2.76. The van der Waals surface area contributed by atoms with Crippen LogP contribution in [0.4, 0.5) is 4.39 Å². The van der Waals surface area contributed by atoms with Crippen molar-refractivity contribution in [1.82, 2.24) is 0 Å². The van der Waals surface area contributed by atoms with Gasteiger partial charge in [-0.2, -0.15) is 0 Å². The topological polar surface area (TPSA) is 0 Å². The Morgan fingerprint density at radius 3 is 2.21 bits per heavy atom. The molecule has 0 heterocycles. The SMILES string of the molecule is FC[C@@H]1C[C@@H]2C[C@H]1C1C2[C@@H]2C[C@H]1C1C2[C@@H]2C=C[C@H]1C2. The van der Waals surface area contributed by atoms with Crippen LogP contribution < -0.4 is 0 Å². The first-order valence-electron chi connectivity index (χ1n) is 8.61. The van der Waals surface area contributed by atoms with Crippen LogP contribution in [0, 0.1) is 65.1 Å². The molecule has 102 valence electrons. The summed E-state index contributed by atoms with van der Waals surface area (Å²) in [6, 6.07) is 0. The van der Waals surface area contributed by atoms with E-state index in [1.54, 1.807) is 0 Å². The molecule has 19 heavy (non-hydrogen) atoms. The van der Waals surface area contributed by atoms with E-state index in [-0.39, 0.29) is 6.67 Å². The van der Waals surface area contributed by atoms with E-state index in [4.69, 9.17) is 0 Å². The fourth-order valence-electron chi connectivity index (χ4n) is 8.56. The summed E-state index contributed by atoms with van der Waals surface area (Å²) in [6.45, 7) is -0.0260. The fraction of sp³-hybridized carbons (Fsp3) is 0.889. The van der Waals surface area contributed by atoms with Crippen molar-refractivity contribution >= 4 is 0 Å². The highest BCUT2D eigenvalue weighted by Gasteiger charge is 2.70. The van der Waals surface area contributed by atoms with Gasteiger partial charge in [-0.05, 0) is 90.8 Å². The molecule has 5 saturated carbocycles. The Morgan fingerprint density at radius 2 is 1.47 bits per heavy atom. The van der Waals surface area contributed by atoms with Crippen LogP contribution in [0.25, 0.3) is 0 Å². The molecule has 0 nitrogen and oxygen atoms in total.